The molecular weight excluding hydrogens is 232 g/mol. The molecule has 0 amide bonds. The maximum atomic E-state index is 13.5. The molecule has 0 fully saturated rings. The van der Waals surface area contributed by atoms with Crippen LogP contribution in [0.15, 0.2) is 24.4 Å². The van der Waals surface area contributed by atoms with Crippen LogP contribution in [0.4, 0.5) is 8.78 Å². The first-order valence-electron chi connectivity index (χ1n) is 4.62. The van der Waals surface area contributed by atoms with Crippen LogP contribution in [0.3, 0.4) is 0 Å². The molecule has 0 aliphatic heterocycles. The fraction of sp³-hybridized carbons (Fsp3) is 0.200. The highest BCUT2D eigenvalue weighted by Crippen LogP contribution is 2.23. The van der Waals surface area contributed by atoms with Crippen molar-refractivity contribution in [3.05, 3.63) is 47.3 Å². The second kappa shape index (κ2) is 4.63. The summed E-state index contributed by atoms with van der Waals surface area (Å²) in [7, 11) is 1.66. The summed E-state index contributed by atoms with van der Waals surface area (Å²) in [5.74, 6) is -0.936. The lowest BCUT2D eigenvalue weighted by Gasteiger charge is -2.14. The topological polar surface area (TPSA) is 37.8 Å². The zero-order valence-corrected chi connectivity index (χ0v) is 9.26. The fourth-order valence-electron chi connectivity index (χ4n) is 1.50. The SMILES string of the molecule is CNC(c1cnsn1)c1cc(F)ccc1F. The number of halogens is 2. The number of nitrogens with one attached hydrogen (secondary N) is 1. The van der Waals surface area contributed by atoms with Crippen molar-refractivity contribution in [3.8, 4) is 0 Å². The van der Waals surface area contributed by atoms with E-state index in [1.807, 2.05) is 0 Å². The molecule has 1 aromatic heterocycles. The molecule has 1 atom stereocenters. The van der Waals surface area contributed by atoms with Crippen LogP contribution in [-0.2, 0) is 0 Å². The Kier molecular flexibility index (Phi) is 3.21. The summed E-state index contributed by atoms with van der Waals surface area (Å²) in [5, 5.41) is 2.89. The van der Waals surface area contributed by atoms with E-state index in [-0.39, 0.29) is 5.56 Å². The molecule has 0 saturated carbocycles. The van der Waals surface area contributed by atoms with Gasteiger partial charge in [-0.05, 0) is 25.2 Å². The Bertz CT molecular complexity index is 473. The zero-order chi connectivity index (χ0) is 11.5. The molecule has 0 aliphatic carbocycles. The van der Waals surface area contributed by atoms with Gasteiger partial charge in [0.25, 0.3) is 0 Å². The molecule has 2 rings (SSSR count). The third-order valence-corrected chi connectivity index (χ3v) is 2.72. The average Bonchev–Trinajstić information content (AvgIpc) is 2.78. The zero-order valence-electron chi connectivity index (χ0n) is 8.45. The molecule has 1 unspecified atom stereocenters. The lowest BCUT2D eigenvalue weighted by Crippen LogP contribution is -2.19. The van der Waals surface area contributed by atoms with Gasteiger partial charge in [0.15, 0.2) is 0 Å². The van der Waals surface area contributed by atoms with Gasteiger partial charge in [-0.2, -0.15) is 8.75 Å². The summed E-state index contributed by atoms with van der Waals surface area (Å²) in [4.78, 5) is 0. The van der Waals surface area contributed by atoms with E-state index in [0.29, 0.717) is 5.69 Å². The average molecular weight is 241 g/mol. The first kappa shape index (κ1) is 11.1. The third-order valence-electron chi connectivity index (χ3n) is 2.23. The van der Waals surface area contributed by atoms with E-state index in [9.17, 15) is 8.78 Å². The van der Waals surface area contributed by atoms with E-state index in [1.54, 1.807) is 7.05 Å². The lowest BCUT2D eigenvalue weighted by molar-refractivity contribution is 0.555. The van der Waals surface area contributed by atoms with Crippen LogP contribution in [0.1, 0.15) is 17.3 Å². The molecule has 1 heterocycles. The lowest BCUT2D eigenvalue weighted by atomic mass is 10.0. The third kappa shape index (κ3) is 2.07. The van der Waals surface area contributed by atoms with Crippen molar-refractivity contribution in [1.82, 2.24) is 14.1 Å². The molecule has 3 nitrogen and oxygen atoms in total. The first-order chi connectivity index (χ1) is 7.72. The first-order valence-corrected chi connectivity index (χ1v) is 5.35. The quantitative estimate of drug-likeness (QED) is 0.894. The van der Waals surface area contributed by atoms with Gasteiger partial charge >= 0.3 is 0 Å². The highest BCUT2D eigenvalue weighted by atomic mass is 32.1. The van der Waals surface area contributed by atoms with Crippen LogP contribution in [0.25, 0.3) is 0 Å². The number of rotatable bonds is 3. The van der Waals surface area contributed by atoms with Gasteiger partial charge in [0.1, 0.15) is 11.6 Å². The normalized spacial score (nSPS) is 12.7. The number of hydrogen-bond donors (Lipinski definition) is 1. The molecule has 0 bridgehead atoms. The molecule has 2 aromatic rings. The Morgan fingerprint density at radius 1 is 1.38 bits per heavy atom. The number of hydrogen-bond acceptors (Lipinski definition) is 4. The summed E-state index contributed by atoms with van der Waals surface area (Å²) >= 11 is 1.03. The van der Waals surface area contributed by atoms with Gasteiger partial charge in [-0.15, -0.1) is 0 Å². The van der Waals surface area contributed by atoms with Crippen LogP contribution in [0.5, 0.6) is 0 Å². The van der Waals surface area contributed by atoms with Gasteiger partial charge in [0.2, 0.25) is 0 Å². The molecule has 6 heteroatoms. The minimum Gasteiger partial charge on any atom is -0.308 e. The van der Waals surface area contributed by atoms with Crippen LogP contribution < -0.4 is 5.32 Å². The Labute approximate surface area is 95.5 Å². The second-order valence-electron chi connectivity index (χ2n) is 3.22. The standard InChI is InChI=1S/C10H9F2N3S/c1-13-10(9-5-14-16-15-9)7-4-6(11)2-3-8(7)12/h2-5,10,13H,1H3. The van der Waals surface area contributed by atoms with Crippen molar-refractivity contribution in [2.45, 2.75) is 6.04 Å². The molecule has 84 valence electrons. The maximum absolute atomic E-state index is 13.5. The van der Waals surface area contributed by atoms with Crippen molar-refractivity contribution < 1.29 is 8.78 Å². The molecule has 0 aliphatic rings. The Morgan fingerprint density at radius 3 is 2.81 bits per heavy atom. The number of aromatic nitrogens is 2. The van der Waals surface area contributed by atoms with Gasteiger partial charge in [-0.25, -0.2) is 8.78 Å². The molecule has 0 saturated heterocycles. The highest BCUT2D eigenvalue weighted by molar-refractivity contribution is 6.99. The Morgan fingerprint density at radius 2 is 2.19 bits per heavy atom. The monoisotopic (exact) mass is 241 g/mol. The number of nitrogens with zero attached hydrogens (tertiary/aromatic N) is 2. The summed E-state index contributed by atoms with van der Waals surface area (Å²) < 4.78 is 34.5. The predicted octanol–water partition coefficient (Wildman–Crippen LogP) is 2.13. The summed E-state index contributed by atoms with van der Waals surface area (Å²) in [6, 6.07) is 2.88. The summed E-state index contributed by atoms with van der Waals surface area (Å²) in [5.41, 5.74) is 0.812. The molecule has 0 radical (unpaired) electrons. The van der Waals surface area contributed by atoms with Crippen molar-refractivity contribution in [2.75, 3.05) is 7.05 Å². The molecule has 1 aromatic carbocycles. The van der Waals surface area contributed by atoms with Crippen molar-refractivity contribution in [2.24, 2.45) is 0 Å². The van der Waals surface area contributed by atoms with Gasteiger partial charge < -0.3 is 5.32 Å². The predicted molar refractivity (Wildman–Crippen MR) is 57.2 cm³/mol. The van der Waals surface area contributed by atoms with Crippen LogP contribution in [-0.4, -0.2) is 15.8 Å². The van der Waals surface area contributed by atoms with E-state index < -0.39 is 17.7 Å². The number of benzene rings is 1. The maximum Gasteiger partial charge on any atom is 0.128 e. The molecule has 1 N–H and O–H groups in total. The highest BCUT2D eigenvalue weighted by Gasteiger charge is 2.19. The molecule has 0 spiro atoms. The Balaban J connectivity index is 2.44. The van der Waals surface area contributed by atoms with E-state index in [2.05, 4.69) is 14.1 Å². The smallest absolute Gasteiger partial charge is 0.128 e. The fourth-order valence-corrected chi connectivity index (χ4v) is 1.95. The molecule has 16 heavy (non-hydrogen) atoms. The van der Waals surface area contributed by atoms with Crippen molar-refractivity contribution in [1.29, 1.82) is 0 Å². The van der Waals surface area contributed by atoms with E-state index in [0.717, 1.165) is 29.9 Å². The van der Waals surface area contributed by atoms with E-state index >= 15 is 0 Å². The van der Waals surface area contributed by atoms with Crippen molar-refractivity contribution >= 4 is 11.7 Å². The Hall–Kier alpha value is -1.40. The van der Waals surface area contributed by atoms with Gasteiger partial charge in [-0.1, -0.05) is 0 Å². The second-order valence-corrected chi connectivity index (χ2v) is 3.78. The van der Waals surface area contributed by atoms with Crippen LogP contribution >= 0.6 is 11.7 Å². The van der Waals surface area contributed by atoms with Crippen molar-refractivity contribution in [3.63, 3.8) is 0 Å². The largest absolute Gasteiger partial charge is 0.308 e. The van der Waals surface area contributed by atoms with E-state index in [4.69, 9.17) is 0 Å². The minimum atomic E-state index is -0.477. The van der Waals surface area contributed by atoms with Gasteiger partial charge in [0, 0.05) is 5.56 Å². The minimum absolute atomic E-state index is 0.232. The van der Waals surface area contributed by atoms with Crippen LogP contribution in [0.2, 0.25) is 0 Å². The summed E-state index contributed by atoms with van der Waals surface area (Å²) in [6.07, 6.45) is 1.54. The summed E-state index contributed by atoms with van der Waals surface area (Å²) in [6.45, 7) is 0. The van der Waals surface area contributed by atoms with E-state index in [1.165, 1.54) is 6.20 Å². The van der Waals surface area contributed by atoms with Gasteiger partial charge in [-0.3, -0.25) is 0 Å². The molecular formula is C10H9F2N3S. The van der Waals surface area contributed by atoms with Crippen LogP contribution in [0, 0.1) is 11.6 Å². The van der Waals surface area contributed by atoms with Gasteiger partial charge in [0.05, 0.1) is 29.7 Å².